The van der Waals surface area contributed by atoms with E-state index in [0.717, 1.165) is 61.9 Å². The average molecular weight is 396 g/mol. The van der Waals surface area contributed by atoms with Crippen LogP contribution in [-0.4, -0.2) is 68.8 Å². The first kappa shape index (κ1) is 19.5. The number of imidazole rings is 1. The quantitative estimate of drug-likeness (QED) is 0.598. The maximum absolute atomic E-state index is 5.41. The summed E-state index contributed by atoms with van der Waals surface area (Å²) in [6.07, 6.45) is 5.45. The zero-order chi connectivity index (χ0) is 20.1. The summed E-state index contributed by atoms with van der Waals surface area (Å²) >= 11 is 0. The van der Waals surface area contributed by atoms with E-state index in [9.17, 15) is 0 Å². The first-order valence-electron chi connectivity index (χ1n) is 10.1. The van der Waals surface area contributed by atoms with E-state index < -0.39 is 0 Å². The summed E-state index contributed by atoms with van der Waals surface area (Å²) in [5.41, 5.74) is 2.70. The van der Waals surface area contributed by atoms with Crippen molar-refractivity contribution >= 4 is 22.9 Å². The van der Waals surface area contributed by atoms with Gasteiger partial charge in [-0.05, 0) is 25.5 Å². The number of morpholine rings is 1. The number of nitrogens with one attached hydrogen (secondary N) is 2. The minimum absolute atomic E-state index is 0.266. The summed E-state index contributed by atoms with van der Waals surface area (Å²) in [4.78, 5) is 20.5. The molecule has 3 aromatic rings. The molecule has 4 rings (SSSR count). The molecule has 9 heteroatoms. The summed E-state index contributed by atoms with van der Waals surface area (Å²) < 4.78 is 7.48. The third-order valence-electron chi connectivity index (χ3n) is 4.98. The molecule has 0 spiro atoms. The number of nitrogens with zero attached hydrogens (tertiary/aromatic N) is 6. The van der Waals surface area contributed by atoms with Crippen LogP contribution in [0.5, 0.6) is 0 Å². The molecule has 0 amide bonds. The third kappa shape index (κ3) is 4.80. The van der Waals surface area contributed by atoms with Crippen LogP contribution in [0.1, 0.15) is 25.5 Å². The lowest BCUT2D eigenvalue weighted by Crippen LogP contribution is -2.39. The van der Waals surface area contributed by atoms with Crippen LogP contribution in [0.25, 0.3) is 11.2 Å². The van der Waals surface area contributed by atoms with Crippen LogP contribution in [0.4, 0.5) is 11.8 Å². The molecule has 0 aliphatic carbocycles. The minimum Gasteiger partial charge on any atom is -0.379 e. The summed E-state index contributed by atoms with van der Waals surface area (Å²) in [5.74, 6) is 1.34. The lowest BCUT2D eigenvalue weighted by molar-refractivity contribution is 0.0398. The van der Waals surface area contributed by atoms with E-state index in [-0.39, 0.29) is 6.04 Å². The highest BCUT2D eigenvalue weighted by Gasteiger charge is 2.15. The highest BCUT2D eigenvalue weighted by molar-refractivity contribution is 5.84. The van der Waals surface area contributed by atoms with Crippen LogP contribution < -0.4 is 10.6 Å². The summed E-state index contributed by atoms with van der Waals surface area (Å²) in [6.45, 7) is 10.1. The zero-order valence-corrected chi connectivity index (χ0v) is 17.0. The SMILES string of the molecule is CC(C)n1cnc2c(NCc3cccnc3)nc(NCCN3CCOCC3)nc21. The lowest BCUT2D eigenvalue weighted by Gasteiger charge is -2.26. The molecular formula is C20H28N8O. The van der Waals surface area contributed by atoms with E-state index in [2.05, 4.69) is 43.9 Å². The highest BCUT2D eigenvalue weighted by atomic mass is 16.5. The van der Waals surface area contributed by atoms with Gasteiger partial charge in [0.1, 0.15) is 0 Å². The van der Waals surface area contributed by atoms with Gasteiger partial charge in [0.2, 0.25) is 5.95 Å². The first-order chi connectivity index (χ1) is 14.2. The number of ether oxygens (including phenoxy) is 1. The van der Waals surface area contributed by atoms with Crippen molar-refractivity contribution in [1.29, 1.82) is 0 Å². The first-order valence-corrected chi connectivity index (χ1v) is 10.1. The molecule has 0 atom stereocenters. The summed E-state index contributed by atoms with van der Waals surface area (Å²) in [6, 6.07) is 4.23. The standard InChI is InChI=1S/C20H28N8O/c1-15(2)28-14-24-17-18(23-13-16-4-3-5-21-12-16)25-20(26-19(17)28)22-6-7-27-8-10-29-11-9-27/h3-5,12,14-15H,6-11,13H2,1-2H3,(H2,22,23,25,26). The zero-order valence-electron chi connectivity index (χ0n) is 17.0. The molecule has 154 valence electrons. The van der Waals surface area contributed by atoms with Crippen LogP contribution in [0, 0.1) is 0 Å². The van der Waals surface area contributed by atoms with Gasteiger partial charge in [0.05, 0.1) is 19.5 Å². The van der Waals surface area contributed by atoms with Crippen LogP contribution in [0.15, 0.2) is 30.9 Å². The van der Waals surface area contributed by atoms with E-state index in [0.29, 0.717) is 12.5 Å². The van der Waals surface area contributed by atoms with E-state index >= 15 is 0 Å². The molecule has 0 unspecified atom stereocenters. The summed E-state index contributed by atoms with van der Waals surface area (Å²) in [5, 5.41) is 6.78. The molecular weight excluding hydrogens is 368 g/mol. The Morgan fingerprint density at radius 2 is 2.03 bits per heavy atom. The van der Waals surface area contributed by atoms with Gasteiger partial charge in [-0.2, -0.15) is 9.97 Å². The van der Waals surface area contributed by atoms with Crippen LogP contribution in [0.2, 0.25) is 0 Å². The van der Waals surface area contributed by atoms with Crippen molar-refractivity contribution in [2.75, 3.05) is 50.0 Å². The molecule has 1 fully saturated rings. The fourth-order valence-electron chi connectivity index (χ4n) is 3.34. The smallest absolute Gasteiger partial charge is 0.226 e. The van der Waals surface area contributed by atoms with Gasteiger partial charge in [0, 0.05) is 51.2 Å². The van der Waals surface area contributed by atoms with Crippen molar-refractivity contribution in [2.45, 2.75) is 26.4 Å². The molecule has 29 heavy (non-hydrogen) atoms. The molecule has 4 heterocycles. The predicted octanol–water partition coefficient (Wildman–Crippen LogP) is 2.16. The van der Waals surface area contributed by atoms with Crippen molar-refractivity contribution in [3.05, 3.63) is 36.4 Å². The number of pyridine rings is 1. The topological polar surface area (TPSA) is 93.0 Å². The van der Waals surface area contributed by atoms with Crippen LogP contribution >= 0.6 is 0 Å². The highest BCUT2D eigenvalue weighted by Crippen LogP contribution is 2.23. The van der Waals surface area contributed by atoms with Gasteiger partial charge in [-0.1, -0.05) is 6.07 Å². The van der Waals surface area contributed by atoms with Gasteiger partial charge >= 0.3 is 0 Å². The number of hydrogen-bond donors (Lipinski definition) is 2. The third-order valence-corrected chi connectivity index (χ3v) is 4.98. The largest absolute Gasteiger partial charge is 0.379 e. The maximum atomic E-state index is 5.41. The van der Waals surface area contributed by atoms with Crippen molar-refractivity contribution in [3.63, 3.8) is 0 Å². The Bertz CT molecular complexity index is 921. The van der Waals surface area contributed by atoms with Crippen LogP contribution in [0.3, 0.4) is 0 Å². The monoisotopic (exact) mass is 396 g/mol. The Hall–Kier alpha value is -2.78. The Balaban J connectivity index is 1.52. The van der Waals surface area contributed by atoms with Gasteiger partial charge in [0.25, 0.3) is 0 Å². The number of aromatic nitrogens is 5. The Kier molecular flexibility index (Phi) is 6.16. The van der Waals surface area contributed by atoms with Gasteiger partial charge < -0.3 is 19.9 Å². The molecule has 3 aromatic heterocycles. The fraction of sp³-hybridized carbons (Fsp3) is 0.500. The number of anilines is 2. The van der Waals surface area contributed by atoms with Crippen molar-refractivity contribution in [2.24, 2.45) is 0 Å². The van der Waals surface area contributed by atoms with E-state index in [1.54, 1.807) is 6.20 Å². The number of fused-ring (bicyclic) bond motifs is 1. The normalized spacial score (nSPS) is 15.1. The average Bonchev–Trinajstić information content (AvgIpc) is 3.18. The number of rotatable bonds is 8. The van der Waals surface area contributed by atoms with Gasteiger partial charge in [-0.25, -0.2) is 4.98 Å². The molecule has 0 radical (unpaired) electrons. The van der Waals surface area contributed by atoms with Gasteiger partial charge in [0.15, 0.2) is 17.0 Å². The second kappa shape index (κ2) is 9.15. The van der Waals surface area contributed by atoms with Crippen molar-refractivity contribution < 1.29 is 4.74 Å². The molecule has 1 aliphatic heterocycles. The molecule has 0 bridgehead atoms. The molecule has 0 aromatic carbocycles. The van der Waals surface area contributed by atoms with Gasteiger partial charge in [-0.3, -0.25) is 9.88 Å². The Morgan fingerprint density at radius 3 is 2.79 bits per heavy atom. The van der Waals surface area contributed by atoms with Crippen LogP contribution in [-0.2, 0) is 11.3 Å². The Morgan fingerprint density at radius 1 is 1.17 bits per heavy atom. The maximum Gasteiger partial charge on any atom is 0.226 e. The predicted molar refractivity (Wildman–Crippen MR) is 113 cm³/mol. The number of hydrogen-bond acceptors (Lipinski definition) is 8. The lowest BCUT2D eigenvalue weighted by atomic mass is 10.3. The second-order valence-electron chi connectivity index (χ2n) is 7.41. The molecule has 1 aliphatic rings. The van der Waals surface area contributed by atoms with E-state index in [1.807, 2.05) is 24.7 Å². The Labute approximate surface area is 170 Å². The second-order valence-corrected chi connectivity index (χ2v) is 7.41. The van der Waals surface area contributed by atoms with E-state index in [1.165, 1.54) is 0 Å². The molecule has 1 saturated heterocycles. The van der Waals surface area contributed by atoms with Crippen molar-refractivity contribution in [3.8, 4) is 0 Å². The van der Waals surface area contributed by atoms with Crippen molar-refractivity contribution in [1.82, 2.24) is 29.4 Å². The molecule has 9 nitrogen and oxygen atoms in total. The summed E-state index contributed by atoms with van der Waals surface area (Å²) in [7, 11) is 0. The fourth-order valence-corrected chi connectivity index (χ4v) is 3.34. The minimum atomic E-state index is 0.266. The molecule has 2 N–H and O–H groups in total. The van der Waals surface area contributed by atoms with E-state index in [4.69, 9.17) is 14.7 Å². The van der Waals surface area contributed by atoms with Gasteiger partial charge in [-0.15, -0.1) is 0 Å². The molecule has 0 saturated carbocycles.